The van der Waals surface area contributed by atoms with E-state index < -0.39 is 11.4 Å². The highest BCUT2D eigenvalue weighted by molar-refractivity contribution is 6.31. The van der Waals surface area contributed by atoms with E-state index in [0.717, 1.165) is 19.3 Å². The Balaban J connectivity index is 2.65. The van der Waals surface area contributed by atoms with Gasteiger partial charge in [0.15, 0.2) is 0 Å². The Hall–Kier alpha value is -0.600. The van der Waals surface area contributed by atoms with Crippen LogP contribution >= 0.6 is 11.6 Å². The Kier molecular flexibility index (Phi) is 5.41. The van der Waals surface area contributed by atoms with Crippen molar-refractivity contribution in [2.45, 2.75) is 51.6 Å². The maximum atomic E-state index is 13.2. The molecule has 0 amide bonds. The predicted octanol–water partition coefficient (Wildman–Crippen LogP) is 4.35. The Morgan fingerprint density at radius 3 is 2.71 bits per heavy atom. The molecule has 0 aromatic heterocycles. The van der Waals surface area contributed by atoms with Crippen molar-refractivity contribution in [3.63, 3.8) is 0 Å². The van der Waals surface area contributed by atoms with Gasteiger partial charge in [0.2, 0.25) is 0 Å². The normalized spacial score (nSPS) is 14.6. The van der Waals surface area contributed by atoms with Crippen LogP contribution < -0.4 is 0 Å². The van der Waals surface area contributed by atoms with Crippen LogP contribution in [0.3, 0.4) is 0 Å². The highest BCUT2D eigenvalue weighted by Gasteiger charge is 2.22. The number of unbranched alkanes of at least 4 members (excludes halogenated alkanes) is 2. The molecule has 1 N–H and O–H groups in total. The second-order valence-electron chi connectivity index (χ2n) is 4.84. The number of rotatable bonds is 6. The third-order valence-corrected chi connectivity index (χ3v) is 3.35. The zero-order valence-corrected chi connectivity index (χ0v) is 11.2. The van der Waals surface area contributed by atoms with Gasteiger partial charge in [0.1, 0.15) is 5.82 Å². The van der Waals surface area contributed by atoms with Crippen LogP contribution in [-0.4, -0.2) is 10.7 Å². The van der Waals surface area contributed by atoms with Crippen molar-refractivity contribution >= 4 is 11.6 Å². The molecule has 0 radical (unpaired) electrons. The zero-order chi connectivity index (χ0) is 12.9. The van der Waals surface area contributed by atoms with Crippen molar-refractivity contribution < 1.29 is 9.50 Å². The molecule has 0 aliphatic carbocycles. The SMILES string of the molecule is CCCCCC(C)(O)Cc1cccc(F)c1Cl. The first-order valence-corrected chi connectivity index (χ1v) is 6.49. The molecule has 1 nitrogen and oxygen atoms in total. The molecule has 0 aliphatic rings. The summed E-state index contributed by atoms with van der Waals surface area (Å²) in [6.07, 6.45) is 4.32. The fraction of sp³-hybridized carbons (Fsp3) is 0.571. The van der Waals surface area contributed by atoms with E-state index in [9.17, 15) is 9.50 Å². The third-order valence-electron chi connectivity index (χ3n) is 2.92. The first kappa shape index (κ1) is 14.5. The quantitative estimate of drug-likeness (QED) is 0.752. The molecule has 1 aromatic carbocycles. The van der Waals surface area contributed by atoms with Crippen molar-refractivity contribution in [3.8, 4) is 0 Å². The van der Waals surface area contributed by atoms with E-state index in [1.54, 1.807) is 19.1 Å². The average molecular weight is 259 g/mol. The summed E-state index contributed by atoms with van der Waals surface area (Å²) in [5, 5.41) is 10.4. The van der Waals surface area contributed by atoms with Crippen LogP contribution in [0.2, 0.25) is 5.02 Å². The van der Waals surface area contributed by atoms with Crippen LogP contribution in [0.1, 0.15) is 45.1 Å². The number of hydrogen-bond donors (Lipinski definition) is 1. The van der Waals surface area contributed by atoms with Crippen molar-refractivity contribution in [3.05, 3.63) is 34.6 Å². The third kappa shape index (κ3) is 4.64. The highest BCUT2D eigenvalue weighted by atomic mass is 35.5. The molecule has 0 saturated carbocycles. The maximum absolute atomic E-state index is 13.2. The minimum Gasteiger partial charge on any atom is -0.390 e. The van der Waals surface area contributed by atoms with Crippen LogP contribution in [0.15, 0.2) is 18.2 Å². The van der Waals surface area contributed by atoms with Gasteiger partial charge < -0.3 is 5.11 Å². The topological polar surface area (TPSA) is 20.2 Å². The molecule has 0 aliphatic heterocycles. The summed E-state index contributed by atoms with van der Waals surface area (Å²) < 4.78 is 13.2. The Morgan fingerprint density at radius 2 is 2.06 bits per heavy atom. The van der Waals surface area contributed by atoms with Gasteiger partial charge in [-0.15, -0.1) is 0 Å². The lowest BCUT2D eigenvalue weighted by molar-refractivity contribution is 0.0486. The number of hydrogen-bond acceptors (Lipinski definition) is 1. The molecule has 3 heteroatoms. The highest BCUT2D eigenvalue weighted by Crippen LogP contribution is 2.26. The van der Waals surface area contributed by atoms with Crippen LogP contribution in [0, 0.1) is 5.82 Å². The summed E-state index contributed by atoms with van der Waals surface area (Å²) in [5.74, 6) is -0.423. The lowest BCUT2D eigenvalue weighted by Crippen LogP contribution is -2.27. The molecule has 1 aromatic rings. The van der Waals surface area contributed by atoms with Crippen LogP contribution in [0.5, 0.6) is 0 Å². The molecule has 1 rings (SSSR count). The Morgan fingerprint density at radius 1 is 1.35 bits per heavy atom. The average Bonchev–Trinajstić information content (AvgIpc) is 2.25. The van der Waals surface area contributed by atoms with Gasteiger partial charge in [0.25, 0.3) is 0 Å². The maximum Gasteiger partial charge on any atom is 0.142 e. The molecule has 0 saturated heterocycles. The Bertz CT molecular complexity index is 363. The fourth-order valence-electron chi connectivity index (χ4n) is 1.94. The van der Waals surface area contributed by atoms with E-state index in [1.807, 2.05) is 0 Å². The van der Waals surface area contributed by atoms with E-state index in [2.05, 4.69) is 6.92 Å². The zero-order valence-electron chi connectivity index (χ0n) is 10.5. The first-order valence-electron chi connectivity index (χ1n) is 6.11. The second kappa shape index (κ2) is 6.36. The van der Waals surface area contributed by atoms with Gasteiger partial charge in [-0.25, -0.2) is 4.39 Å². The second-order valence-corrected chi connectivity index (χ2v) is 5.22. The molecule has 17 heavy (non-hydrogen) atoms. The smallest absolute Gasteiger partial charge is 0.142 e. The van der Waals surface area contributed by atoms with Gasteiger partial charge in [0.05, 0.1) is 10.6 Å². The summed E-state index contributed by atoms with van der Waals surface area (Å²) in [6, 6.07) is 4.72. The first-order chi connectivity index (χ1) is 7.96. The van der Waals surface area contributed by atoms with Crippen molar-refractivity contribution in [2.75, 3.05) is 0 Å². The molecule has 1 atom stereocenters. The van der Waals surface area contributed by atoms with Crippen LogP contribution in [-0.2, 0) is 6.42 Å². The molecule has 0 fully saturated rings. The lowest BCUT2D eigenvalue weighted by Gasteiger charge is -2.24. The van der Waals surface area contributed by atoms with E-state index in [4.69, 9.17) is 11.6 Å². The minimum absolute atomic E-state index is 0.128. The number of halogens is 2. The minimum atomic E-state index is -0.813. The van der Waals surface area contributed by atoms with Crippen LogP contribution in [0.4, 0.5) is 4.39 Å². The summed E-state index contributed by atoms with van der Waals surface area (Å²) in [7, 11) is 0. The standard InChI is InChI=1S/C14H20ClFO/c1-3-4-5-9-14(2,17)10-11-7-6-8-12(16)13(11)15/h6-8,17H,3-5,9-10H2,1-2H3. The summed E-state index contributed by atoms with van der Waals surface area (Å²) in [4.78, 5) is 0. The summed E-state index contributed by atoms with van der Waals surface area (Å²) >= 11 is 5.87. The van der Waals surface area contributed by atoms with Crippen LogP contribution in [0.25, 0.3) is 0 Å². The molecule has 0 heterocycles. The van der Waals surface area contributed by atoms with E-state index >= 15 is 0 Å². The monoisotopic (exact) mass is 258 g/mol. The van der Waals surface area contributed by atoms with Gasteiger partial charge in [-0.2, -0.15) is 0 Å². The molecular weight excluding hydrogens is 239 g/mol. The number of aliphatic hydroxyl groups is 1. The molecule has 0 bridgehead atoms. The molecule has 0 spiro atoms. The molecular formula is C14H20ClFO. The predicted molar refractivity (Wildman–Crippen MR) is 69.9 cm³/mol. The Labute approximate surface area is 108 Å². The van der Waals surface area contributed by atoms with E-state index in [0.29, 0.717) is 18.4 Å². The van der Waals surface area contributed by atoms with Gasteiger partial charge >= 0.3 is 0 Å². The van der Waals surface area contributed by atoms with Gasteiger partial charge in [-0.1, -0.05) is 49.9 Å². The van der Waals surface area contributed by atoms with E-state index in [1.165, 1.54) is 6.07 Å². The molecule has 96 valence electrons. The van der Waals surface area contributed by atoms with Crippen molar-refractivity contribution in [1.82, 2.24) is 0 Å². The molecule has 1 unspecified atom stereocenters. The largest absolute Gasteiger partial charge is 0.390 e. The fourth-order valence-corrected chi connectivity index (χ4v) is 2.13. The van der Waals surface area contributed by atoms with E-state index in [-0.39, 0.29) is 5.02 Å². The van der Waals surface area contributed by atoms with Crippen molar-refractivity contribution in [1.29, 1.82) is 0 Å². The summed E-state index contributed by atoms with van der Waals surface area (Å²) in [6.45, 7) is 3.90. The number of benzene rings is 1. The van der Waals surface area contributed by atoms with Gasteiger partial charge in [-0.3, -0.25) is 0 Å². The van der Waals surface area contributed by atoms with Gasteiger partial charge in [-0.05, 0) is 25.0 Å². The summed E-state index contributed by atoms with van der Waals surface area (Å²) in [5.41, 5.74) is -0.139. The van der Waals surface area contributed by atoms with Crippen molar-refractivity contribution in [2.24, 2.45) is 0 Å². The van der Waals surface area contributed by atoms with Gasteiger partial charge in [0, 0.05) is 6.42 Å². The lowest BCUT2D eigenvalue weighted by atomic mass is 9.91.